The van der Waals surface area contributed by atoms with Crippen LogP contribution in [0.3, 0.4) is 0 Å². The Kier molecular flexibility index (Phi) is 6.86. The number of nitrogens with zero attached hydrogens (tertiary/aromatic N) is 2. The molecule has 3 aromatic rings. The Hall–Kier alpha value is -3.89. The number of carbonyl (C=O) groups is 2. The summed E-state index contributed by atoms with van der Waals surface area (Å²) in [6.07, 6.45) is -0.280. The van der Waals surface area contributed by atoms with Crippen LogP contribution in [0.2, 0.25) is 0 Å². The van der Waals surface area contributed by atoms with Crippen molar-refractivity contribution >= 4 is 27.5 Å². The lowest BCUT2D eigenvalue weighted by Gasteiger charge is -2.29. The fourth-order valence-electron chi connectivity index (χ4n) is 5.11. The van der Waals surface area contributed by atoms with Gasteiger partial charge < -0.3 is 14.2 Å². The summed E-state index contributed by atoms with van der Waals surface area (Å²) in [7, 11) is -2.71. The molecule has 0 radical (unpaired) electrons. The van der Waals surface area contributed by atoms with Crippen LogP contribution in [-0.2, 0) is 26.2 Å². The number of methoxy groups -OCH3 is 1. The van der Waals surface area contributed by atoms with Crippen LogP contribution >= 0.6 is 0 Å². The molecule has 1 unspecified atom stereocenters. The zero-order valence-electron chi connectivity index (χ0n) is 22.5. The molecule has 1 fully saturated rings. The summed E-state index contributed by atoms with van der Waals surface area (Å²) < 4.78 is 46.1. The number of hydrogen-bond donors (Lipinski definition) is 0. The van der Waals surface area contributed by atoms with E-state index in [1.807, 2.05) is 19.9 Å². The fourth-order valence-corrected chi connectivity index (χ4v) is 7.26. The molecule has 3 aromatic carbocycles. The number of ether oxygens (including phenoxy) is 3. The van der Waals surface area contributed by atoms with Crippen LogP contribution in [0.4, 0.5) is 5.69 Å². The zero-order chi connectivity index (χ0) is 28.1. The first-order chi connectivity index (χ1) is 18.5. The third kappa shape index (κ3) is 4.63. The quantitative estimate of drug-likeness (QED) is 0.407. The second-order valence-corrected chi connectivity index (χ2v) is 11.6. The number of amides is 2. The van der Waals surface area contributed by atoms with Crippen molar-refractivity contribution < 1.29 is 32.2 Å². The smallest absolute Gasteiger partial charge is 0.252 e. The van der Waals surface area contributed by atoms with Crippen LogP contribution < -0.4 is 19.1 Å². The minimum Gasteiger partial charge on any atom is -0.497 e. The normalized spacial score (nSPS) is 16.9. The number of aryl methyl sites for hydroxylation is 2. The SMILES string of the molecule is COc1ccc(N2C(=O)CC(N(Cc3ccc4c(c3)OCO4)S(=O)(=O)c3c(C)c(C)cc(C)c3C)C2=O)cc1. The van der Waals surface area contributed by atoms with Crippen molar-refractivity contribution in [2.45, 2.75) is 51.6 Å². The molecule has 0 bridgehead atoms. The van der Waals surface area contributed by atoms with Gasteiger partial charge in [-0.2, -0.15) is 4.31 Å². The number of sulfonamides is 1. The summed E-state index contributed by atoms with van der Waals surface area (Å²) in [6.45, 7) is 7.19. The highest BCUT2D eigenvalue weighted by Gasteiger charge is 2.47. The minimum absolute atomic E-state index is 0.0776. The van der Waals surface area contributed by atoms with Crippen molar-refractivity contribution in [3.8, 4) is 17.2 Å². The lowest BCUT2D eigenvalue weighted by atomic mass is 10.0. The van der Waals surface area contributed by atoms with Crippen LogP contribution in [0, 0.1) is 27.7 Å². The molecule has 1 atom stereocenters. The number of benzene rings is 3. The highest BCUT2D eigenvalue weighted by atomic mass is 32.2. The summed E-state index contributed by atoms with van der Waals surface area (Å²) in [4.78, 5) is 28.2. The van der Waals surface area contributed by atoms with Gasteiger partial charge in [0.2, 0.25) is 22.7 Å². The number of imide groups is 1. The summed E-state index contributed by atoms with van der Waals surface area (Å²) in [5.74, 6) is 0.551. The maximum absolute atomic E-state index is 14.5. The first-order valence-electron chi connectivity index (χ1n) is 12.5. The largest absolute Gasteiger partial charge is 0.497 e. The number of rotatable bonds is 7. The Labute approximate surface area is 227 Å². The molecular formula is C29H30N2O7S. The molecule has 0 aliphatic carbocycles. The van der Waals surface area contributed by atoms with Crippen molar-refractivity contribution in [3.63, 3.8) is 0 Å². The Bertz CT molecular complexity index is 1560. The Morgan fingerprint density at radius 2 is 1.56 bits per heavy atom. The lowest BCUT2D eigenvalue weighted by molar-refractivity contribution is -0.122. The maximum atomic E-state index is 14.5. The zero-order valence-corrected chi connectivity index (χ0v) is 23.3. The Morgan fingerprint density at radius 3 is 2.21 bits per heavy atom. The van der Waals surface area contributed by atoms with Gasteiger partial charge in [0.25, 0.3) is 5.91 Å². The van der Waals surface area contributed by atoms with Crippen LogP contribution in [0.5, 0.6) is 17.2 Å². The van der Waals surface area contributed by atoms with E-state index in [2.05, 4.69) is 0 Å². The van der Waals surface area contributed by atoms with Crippen LogP contribution in [0.1, 0.15) is 34.2 Å². The Morgan fingerprint density at radius 1 is 0.923 bits per heavy atom. The average Bonchev–Trinajstić information content (AvgIpc) is 3.49. The summed E-state index contributed by atoms with van der Waals surface area (Å²) in [6, 6.07) is 12.4. The van der Waals surface area contributed by atoms with Crippen LogP contribution in [0.25, 0.3) is 0 Å². The van der Waals surface area contributed by atoms with E-state index in [1.54, 1.807) is 56.3 Å². The van der Waals surface area contributed by atoms with Gasteiger partial charge in [0.1, 0.15) is 11.8 Å². The third-order valence-corrected chi connectivity index (χ3v) is 9.57. The maximum Gasteiger partial charge on any atom is 0.252 e. The fraction of sp³-hybridized carbons (Fsp3) is 0.310. The van der Waals surface area contributed by atoms with Gasteiger partial charge in [-0.15, -0.1) is 0 Å². The average molecular weight is 551 g/mol. The summed E-state index contributed by atoms with van der Waals surface area (Å²) in [5.41, 5.74) is 3.83. The second kappa shape index (κ2) is 10.0. The van der Waals surface area contributed by atoms with Crippen molar-refractivity contribution in [1.29, 1.82) is 0 Å². The second-order valence-electron chi connectivity index (χ2n) is 9.81. The molecule has 5 rings (SSSR count). The molecule has 0 aromatic heterocycles. The number of fused-ring (bicyclic) bond motifs is 1. The molecule has 2 heterocycles. The molecule has 1 saturated heterocycles. The van der Waals surface area contributed by atoms with E-state index < -0.39 is 27.9 Å². The van der Waals surface area contributed by atoms with E-state index in [-0.39, 0.29) is 24.7 Å². The van der Waals surface area contributed by atoms with Gasteiger partial charge in [-0.05, 0) is 91.9 Å². The molecule has 39 heavy (non-hydrogen) atoms. The molecule has 2 aliphatic rings. The van der Waals surface area contributed by atoms with Gasteiger partial charge in [-0.1, -0.05) is 12.1 Å². The molecule has 9 nitrogen and oxygen atoms in total. The third-order valence-electron chi connectivity index (χ3n) is 7.44. The number of carbonyl (C=O) groups excluding carboxylic acids is 2. The van der Waals surface area contributed by atoms with Gasteiger partial charge in [0.15, 0.2) is 11.5 Å². The van der Waals surface area contributed by atoms with Crippen molar-refractivity contribution in [3.05, 3.63) is 76.3 Å². The van der Waals surface area contributed by atoms with Crippen molar-refractivity contribution in [2.75, 3.05) is 18.8 Å². The molecule has 0 spiro atoms. The van der Waals surface area contributed by atoms with Gasteiger partial charge in [0, 0.05) is 6.54 Å². The summed E-state index contributed by atoms with van der Waals surface area (Å²) in [5, 5.41) is 0. The topological polar surface area (TPSA) is 102 Å². The lowest BCUT2D eigenvalue weighted by Crippen LogP contribution is -2.45. The van der Waals surface area contributed by atoms with Crippen molar-refractivity contribution in [1.82, 2.24) is 4.31 Å². The highest BCUT2D eigenvalue weighted by Crippen LogP contribution is 2.37. The minimum atomic E-state index is -4.23. The molecule has 10 heteroatoms. The molecular weight excluding hydrogens is 520 g/mol. The van der Waals surface area contributed by atoms with Gasteiger partial charge in [-0.25, -0.2) is 13.3 Å². The molecule has 2 amide bonds. The molecule has 204 valence electrons. The predicted octanol–water partition coefficient (Wildman–Crippen LogP) is 4.18. The van der Waals surface area contributed by atoms with Crippen LogP contribution in [-0.4, -0.2) is 44.5 Å². The predicted molar refractivity (Wildman–Crippen MR) is 145 cm³/mol. The van der Waals surface area contributed by atoms with E-state index in [9.17, 15) is 18.0 Å². The van der Waals surface area contributed by atoms with Crippen molar-refractivity contribution in [2.24, 2.45) is 0 Å². The van der Waals surface area contributed by atoms with E-state index in [4.69, 9.17) is 14.2 Å². The molecule has 0 saturated carbocycles. The van der Waals surface area contributed by atoms with E-state index in [0.29, 0.717) is 39.6 Å². The number of hydrogen-bond acceptors (Lipinski definition) is 7. The number of anilines is 1. The van der Waals surface area contributed by atoms with E-state index in [1.165, 1.54) is 7.11 Å². The van der Waals surface area contributed by atoms with Gasteiger partial charge in [0.05, 0.1) is 24.1 Å². The standard InChI is InChI=1S/C29H30N2O7S/c1-17-12-18(2)20(4)28(19(17)3)39(34,35)30(15-21-6-11-25-26(13-21)38-16-37-25)24-14-27(32)31(29(24)33)22-7-9-23(36-5)10-8-22/h6-13,24H,14-16H2,1-5H3. The van der Waals surface area contributed by atoms with Gasteiger partial charge in [-0.3, -0.25) is 9.59 Å². The molecule has 2 aliphatic heterocycles. The monoisotopic (exact) mass is 550 g/mol. The van der Waals surface area contributed by atoms with E-state index in [0.717, 1.165) is 20.3 Å². The highest BCUT2D eigenvalue weighted by molar-refractivity contribution is 7.89. The Balaban J connectivity index is 1.60. The first-order valence-corrected chi connectivity index (χ1v) is 14.0. The molecule has 0 N–H and O–H groups in total. The first kappa shape index (κ1) is 26.7. The van der Waals surface area contributed by atoms with E-state index >= 15 is 0 Å². The van der Waals surface area contributed by atoms with Gasteiger partial charge >= 0.3 is 0 Å². The summed E-state index contributed by atoms with van der Waals surface area (Å²) >= 11 is 0. The van der Waals surface area contributed by atoms with Crippen LogP contribution in [0.15, 0.2) is 53.4 Å².